The number of nitrogens with two attached hydrogens (primary N) is 1. The Labute approximate surface area is 194 Å². The van der Waals surface area contributed by atoms with Crippen LogP contribution in [0.2, 0.25) is 0 Å². The van der Waals surface area contributed by atoms with Gasteiger partial charge in [-0.3, -0.25) is 0 Å². The third-order valence-electron chi connectivity index (χ3n) is 5.24. The number of aromatic nitrogens is 2. The van der Waals surface area contributed by atoms with E-state index in [-0.39, 0.29) is 5.41 Å². The molecule has 1 aromatic carbocycles. The molecule has 0 bridgehead atoms. The summed E-state index contributed by atoms with van der Waals surface area (Å²) in [6.45, 7) is 8.82. The minimum atomic E-state index is -0.0307. The molecule has 32 heavy (non-hydrogen) atoms. The second kappa shape index (κ2) is 9.72. The van der Waals surface area contributed by atoms with Crippen molar-refractivity contribution in [1.82, 2.24) is 15.3 Å². The SMILES string of the molecule is CC(C)(C)C#Cc1cccc(COc2cc(-c3cnc(C4CCCNC4)s3)cnc2N)c1. The number of hydrogen-bond acceptors (Lipinski definition) is 6. The molecule has 1 aliphatic heterocycles. The minimum absolute atomic E-state index is 0.0307. The number of benzene rings is 1. The van der Waals surface area contributed by atoms with Gasteiger partial charge in [0.2, 0.25) is 0 Å². The Bertz CT molecular complexity index is 1130. The standard InChI is InChI=1S/C26H30N4OS/c1-26(2,3)10-9-18-6-4-7-19(12-18)17-31-22-13-21(15-29-24(22)27)23-16-30-25(32-23)20-8-5-11-28-14-20/h4,6-7,12-13,15-16,20,28H,5,8,11,14,17H2,1-3H3,(H2,27,29). The summed E-state index contributed by atoms with van der Waals surface area (Å²) in [7, 11) is 0. The Morgan fingerprint density at radius 2 is 2.09 bits per heavy atom. The Morgan fingerprint density at radius 1 is 1.22 bits per heavy atom. The molecule has 0 aliphatic carbocycles. The van der Waals surface area contributed by atoms with E-state index < -0.39 is 0 Å². The van der Waals surface area contributed by atoms with Crippen LogP contribution in [0.1, 0.15) is 55.7 Å². The van der Waals surface area contributed by atoms with Crippen molar-refractivity contribution in [3.05, 3.63) is 58.9 Å². The first-order valence-electron chi connectivity index (χ1n) is 11.0. The van der Waals surface area contributed by atoms with Crippen LogP contribution in [0.15, 0.2) is 42.7 Å². The highest BCUT2D eigenvalue weighted by Crippen LogP contribution is 2.35. The van der Waals surface area contributed by atoms with Crippen molar-refractivity contribution in [2.45, 2.75) is 46.1 Å². The molecule has 3 N–H and O–H groups in total. The topological polar surface area (TPSA) is 73.1 Å². The van der Waals surface area contributed by atoms with Gasteiger partial charge in [-0.1, -0.05) is 24.0 Å². The van der Waals surface area contributed by atoms with Crippen molar-refractivity contribution in [2.24, 2.45) is 5.41 Å². The highest BCUT2D eigenvalue weighted by molar-refractivity contribution is 7.15. The molecule has 1 aliphatic rings. The van der Waals surface area contributed by atoms with E-state index in [1.165, 1.54) is 17.8 Å². The van der Waals surface area contributed by atoms with Crippen molar-refractivity contribution < 1.29 is 4.74 Å². The number of pyridine rings is 1. The van der Waals surface area contributed by atoms with Crippen molar-refractivity contribution >= 4 is 17.2 Å². The van der Waals surface area contributed by atoms with Gasteiger partial charge in [0, 0.05) is 41.4 Å². The Balaban J connectivity index is 1.47. The number of nitrogens with zero attached hydrogens (tertiary/aromatic N) is 2. The molecular formula is C26H30N4OS. The number of rotatable bonds is 5. The summed E-state index contributed by atoms with van der Waals surface area (Å²) in [5.41, 5.74) is 9.07. The van der Waals surface area contributed by atoms with E-state index in [1.807, 2.05) is 30.5 Å². The van der Waals surface area contributed by atoms with Crippen LogP contribution >= 0.6 is 11.3 Å². The molecule has 1 saturated heterocycles. The monoisotopic (exact) mass is 446 g/mol. The maximum Gasteiger partial charge on any atom is 0.166 e. The van der Waals surface area contributed by atoms with Gasteiger partial charge in [-0.15, -0.1) is 11.3 Å². The largest absolute Gasteiger partial charge is 0.485 e. The number of hydrogen-bond donors (Lipinski definition) is 2. The summed E-state index contributed by atoms with van der Waals surface area (Å²) in [4.78, 5) is 10.1. The van der Waals surface area contributed by atoms with Crippen molar-refractivity contribution in [2.75, 3.05) is 18.8 Å². The fourth-order valence-corrected chi connectivity index (χ4v) is 4.57. The molecule has 2 aromatic heterocycles. The van der Waals surface area contributed by atoms with Crippen LogP contribution in [-0.4, -0.2) is 23.1 Å². The molecule has 5 nitrogen and oxygen atoms in total. The van der Waals surface area contributed by atoms with Crippen LogP contribution in [0.4, 0.5) is 5.82 Å². The highest BCUT2D eigenvalue weighted by atomic mass is 32.1. The summed E-state index contributed by atoms with van der Waals surface area (Å²) in [6, 6.07) is 10.1. The van der Waals surface area contributed by atoms with Crippen LogP contribution in [0, 0.1) is 17.3 Å². The van der Waals surface area contributed by atoms with Gasteiger partial charge in [0.25, 0.3) is 0 Å². The zero-order valence-corrected chi connectivity index (χ0v) is 19.8. The first-order valence-corrected chi connectivity index (χ1v) is 11.9. The smallest absolute Gasteiger partial charge is 0.166 e. The number of nitrogen functional groups attached to an aromatic ring is 1. The first-order chi connectivity index (χ1) is 15.4. The quantitative estimate of drug-likeness (QED) is 0.525. The van der Waals surface area contributed by atoms with Crippen LogP contribution in [0.25, 0.3) is 10.4 Å². The second-order valence-corrected chi connectivity index (χ2v) is 10.3. The summed E-state index contributed by atoms with van der Waals surface area (Å²) < 4.78 is 6.05. The molecule has 4 rings (SSSR count). The van der Waals surface area contributed by atoms with Gasteiger partial charge < -0.3 is 15.8 Å². The maximum atomic E-state index is 6.10. The summed E-state index contributed by atoms with van der Waals surface area (Å²) in [5, 5.41) is 4.64. The van der Waals surface area contributed by atoms with Crippen molar-refractivity contribution in [1.29, 1.82) is 0 Å². The van der Waals surface area contributed by atoms with E-state index in [4.69, 9.17) is 10.5 Å². The lowest BCUT2D eigenvalue weighted by Crippen LogP contribution is -2.28. The van der Waals surface area contributed by atoms with E-state index in [2.05, 4.69) is 54.0 Å². The predicted molar refractivity (Wildman–Crippen MR) is 132 cm³/mol. The summed E-state index contributed by atoms with van der Waals surface area (Å²) >= 11 is 1.73. The van der Waals surface area contributed by atoms with Crippen LogP contribution in [0.3, 0.4) is 0 Å². The summed E-state index contributed by atoms with van der Waals surface area (Å²) in [5.74, 6) is 7.98. The van der Waals surface area contributed by atoms with Crippen LogP contribution in [0.5, 0.6) is 5.75 Å². The zero-order chi connectivity index (χ0) is 22.6. The number of anilines is 1. The summed E-state index contributed by atoms with van der Waals surface area (Å²) in [6.07, 6.45) is 6.11. The number of nitrogens with one attached hydrogen (secondary N) is 1. The minimum Gasteiger partial charge on any atom is -0.485 e. The van der Waals surface area contributed by atoms with E-state index in [0.717, 1.165) is 34.7 Å². The van der Waals surface area contributed by atoms with Gasteiger partial charge in [-0.05, 0) is 63.9 Å². The molecule has 3 aromatic rings. The van der Waals surface area contributed by atoms with Crippen LogP contribution in [-0.2, 0) is 6.61 Å². The molecule has 0 saturated carbocycles. The molecular weight excluding hydrogens is 416 g/mol. The second-order valence-electron chi connectivity index (χ2n) is 9.20. The average Bonchev–Trinajstić information content (AvgIpc) is 3.28. The van der Waals surface area contributed by atoms with Crippen molar-refractivity contribution in [3.8, 4) is 28.0 Å². The fraction of sp³-hybridized carbons (Fsp3) is 0.385. The van der Waals surface area contributed by atoms with Crippen molar-refractivity contribution in [3.63, 3.8) is 0 Å². The molecule has 0 radical (unpaired) electrons. The molecule has 6 heteroatoms. The molecule has 0 amide bonds. The third-order valence-corrected chi connectivity index (χ3v) is 6.45. The van der Waals surface area contributed by atoms with E-state index in [1.54, 1.807) is 17.5 Å². The van der Waals surface area contributed by atoms with Gasteiger partial charge in [0.15, 0.2) is 11.6 Å². The Morgan fingerprint density at radius 3 is 2.88 bits per heavy atom. The first kappa shape index (κ1) is 22.3. The van der Waals surface area contributed by atoms with Gasteiger partial charge in [0.1, 0.15) is 6.61 Å². The van der Waals surface area contributed by atoms with E-state index in [0.29, 0.717) is 24.1 Å². The van der Waals surface area contributed by atoms with Crippen LogP contribution < -0.4 is 15.8 Å². The number of piperidine rings is 1. The van der Waals surface area contributed by atoms with E-state index in [9.17, 15) is 0 Å². The highest BCUT2D eigenvalue weighted by Gasteiger charge is 2.19. The molecule has 1 atom stereocenters. The lowest BCUT2D eigenvalue weighted by Gasteiger charge is -2.20. The fourth-order valence-electron chi connectivity index (χ4n) is 3.54. The normalized spacial score (nSPS) is 16.3. The lowest BCUT2D eigenvalue weighted by atomic mass is 9.97. The number of thiazole rings is 1. The molecule has 166 valence electrons. The van der Waals surface area contributed by atoms with Gasteiger partial charge >= 0.3 is 0 Å². The molecule has 1 unspecified atom stereocenters. The molecule has 1 fully saturated rings. The predicted octanol–water partition coefficient (Wildman–Crippen LogP) is 5.23. The third kappa shape index (κ3) is 5.87. The van der Waals surface area contributed by atoms with E-state index >= 15 is 0 Å². The Hall–Kier alpha value is -2.88. The van der Waals surface area contributed by atoms with Gasteiger partial charge in [-0.2, -0.15) is 0 Å². The average molecular weight is 447 g/mol. The Kier molecular flexibility index (Phi) is 6.78. The lowest BCUT2D eigenvalue weighted by molar-refractivity contribution is 0.307. The van der Waals surface area contributed by atoms with Gasteiger partial charge in [-0.25, -0.2) is 9.97 Å². The van der Waals surface area contributed by atoms with Gasteiger partial charge in [0.05, 0.1) is 9.88 Å². The molecule has 3 heterocycles. The zero-order valence-electron chi connectivity index (χ0n) is 18.9. The maximum absolute atomic E-state index is 6.10. The number of ether oxygens (including phenoxy) is 1. The molecule has 0 spiro atoms.